The summed E-state index contributed by atoms with van der Waals surface area (Å²) in [5.74, 6) is 0. The fourth-order valence-corrected chi connectivity index (χ4v) is 1.85. The van der Waals surface area contributed by atoms with Gasteiger partial charge in [-0.05, 0) is 23.3 Å². The quantitative estimate of drug-likeness (QED) is 0.390. The molecule has 0 aliphatic heterocycles. The Morgan fingerprint density at radius 2 is 1.45 bits per heavy atom. The van der Waals surface area contributed by atoms with Crippen LogP contribution in [-0.2, 0) is 0 Å². The molecule has 2 N–H and O–H groups in total. The molecule has 0 unspecified atom stereocenters. The number of rotatable bonds is 3. The molecular weight excluding hydrogens is 282 g/mol. The normalized spacial score (nSPS) is 10.2. The van der Waals surface area contributed by atoms with Crippen molar-refractivity contribution in [3.8, 4) is 11.1 Å². The van der Waals surface area contributed by atoms with Gasteiger partial charge in [0.1, 0.15) is 0 Å². The van der Waals surface area contributed by atoms with Crippen molar-refractivity contribution in [1.29, 1.82) is 0 Å². The second-order valence-corrected chi connectivity index (χ2v) is 4.51. The van der Waals surface area contributed by atoms with Crippen LogP contribution in [0.4, 0.5) is 17.1 Å². The van der Waals surface area contributed by atoms with Crippen LogP contribution in [0, 0.1) is 20.2 Å². The highest BCUT2D eigenvalue weighted by atomic mass is 32.1. The van der Waals surface area contributed by atoms with Gasteiger partial charge in [-0.15, -0.1) is 12.6 Å². The Morgan fingerprint density at radius 3 is 1.90 bits per heavy atom. The molecule has 8 heteroatoms. The number of nitrogens with two attached hydrogens (primary N) is 1. The molecule has 2 aromatic rings. The molecule has 0 atom stereocenters. The molecule has 2 rings (SSSR count). The van der Waals surface area contributed by atoms with Crippen molar-refractivity contribution in [2.24, 2.45) is 0 Å². The summed E-state index contributed by atoms with van der Waals surface area (Å²) in [6.07, 6.45) is 0. The summed E-state index contributed by atoms with van der Waals surface area (Å²) < 4.78 is 0. The first-order valence-electron chi connectivity index (χ1n) is 5.41. The van der Waals surface area contributed by atoms with Crippen molar-refractivity contribution in [2.45, 2.75) is 4.90 Å². The number of hydrogen-bond donors (Lipinski definition) is 2. The molecule has 0 heterocycles. The fourth-order valence-electron chi connectivity index (χ4n) is 1.71. The van der Waals surface area contributed by atoms with E-state index in [2.05, 4.69) is 12.6 Å². The smallest absolute Gasteiger partial charge is 0.276 e. The first-order valence-corrected chi connectivity index (χ1v) is 5.86. The van der Waals surface area contributed by atoms with Gasteiger partial charge in [-0.1, -0.05) is 6.07 Å². The van der Waals surface area contributed by atoms with E-state index in [1.165, 1.54) is 12.1 Å². The summed E-state index contributed by atoms with van der Waals surface area (Å²) in [7, 11) is 0. The average Bonchev–Trinajstić information content (AvgIpc) is 2.41. The Morgan fingerprint density at radius 1 is 0.900 bits per heavy atom. The third-order valence-corrected chi connectivity index (χ3v) is 3.09. The molecule has 0 amide bonds. The summed E-state index contributed by atoms with van der Waals surface area (Å²) >= 11 is 4.12. The highest BCUT2D eigenvalue weighted by molar-refractivity contribution is 7.80. The van der Waals surface area contributed by atoms with Crippen LogP contribution in [0.15, 0.2) is 41.3 Å². The lowest BCUT2D eigenvalue weighted by molar-refractivity contribution is -0.394. The lowest BCUT2D eigenvalue weighted by atomic mass is 10.0. The van der Waals surface area contributed by atoms with Crippen molar-refractivity contribution in [3.63, 3.8) is 0 Å². The Labute approximate surface area is 118 Å². The monoisotopic (exact) mass is 291 g/mol. The summed E-state index contributed by atoms with van der Waals surface area (Å²) in [5, 5.41) is 21.7. The van der Waals surface area contributed by atoms with Crippen molar-refractivity contribution in [2.75, 3.05) is 5.73 Å². The minimum Gasteiger partial charge on any atom is -0.398 e. The van der Waals surface area contributed by atoms with Crippen molar-refractivity contribution in [1.82, 2.24) is 0 Å². The highest BCUT2D eigenvalue weighted by Gasteiger charge is 2.17. The molecular formula is C12H9N3O4S. The van der Waals surface area contributed by atoms with Crippen LogP contribution in [0.3, 0.4) is 0 Å². The molecule has 0 radical (unpaired) electrons. The van der Waals surface area contributed by atoms with Crippen LogP contribution in [0.2, 0.25) is 0 Å². The van der Waals surface area contributed by atoms with Crippen LogP contribution < -0.4 is 5.73 Å². The predicted molar refractivity (Wildman–Crippen MR) is 76.9 cm³/mol. The second kappa shape index (κ2) is 5.17. The molecule has 0 aliphatic rings. The van der Waals surface area contributed by atoms with Crippen LogP contribution in [-0.4, -0.2) is 9.85 Å². The van der Waals surface area contributed by atoms with Gasteiger partial charge in [-0.25, -0.2) is 0 Å². The van der Waals surface area contributed by atoms with Gasteiger partial charge < -0.3 is 5.73 Å². The van der Waals surface area contributed by atoms with E-state index in [0.717, 1.165) is 6.07 Å². The van der Waals surface area contributed by atoms with Gasteiger partial charge in [0.2, 0.25) is 0 Å². The van der Waals surface area contributed by atoms with E-state index in [1.807, 2.05) is 0 Å². The van der Waals surface area contributed by atoms with E-state index in [4.69, 9.17) is 5.73 Å². The molecule has 2 aromatic carbocycles. The number of thiol groups is 1. The van der Waals surface area contributed by atoms with E-state index < -0.39 is 9.85 Å². The van der Waals surface area contributed by atoms with Crippen LogP contribution in [0.5, 0.6) is 0 Å². The van der Waals surface area contributed by atoms with E-state index >= 15 is 0 Å². The Balaban J connectivity index is 2.63. The largest absolute Gasteiger partial charge is 0.398 e. The van der Waals surface area contributed by atoms with E-state index in [1.54, 1.807) is 18.2 Å². The maximum atomic E-state index is 10.8. The van der Waals surface area contributed by atoms with Gasteiger partial charge in [0.05, 0.1) is 15.9 Å². The maximum absolute atomic E-state index is 10.8. The van der Waals surface area contributed by atoms with E-state index in [0.29, 0.717) is 21.7 Å². The zero-order chi connectivity index (χ0) is 14.9. The Bertz CT molecular complexity index is 686. The number of non-ortho nitro benzene ring substituents is 2. The predicted octanol–water partition coefficient (Wildman–Crippen LogP) is 3.04. The molecule has 0 aliphatic carbocycles. The molecule has 0 spiro atoms. The first kappa shape index (κ1) is 13.8. The third kappa shape index (κ3) is 2.69. The van der Waals surface area contributed by atoms with Gasteiger partial charge in [0.25, 0.3) is 11.4 Å². The first-order chi connectivity index (χ1) is 9.38. The Kier molecular flexibility index (Phi) is 3.57. The standard InChI is InChI=1S/C12H9N3O4S/c13-11-5-7(1-2-12(11)20)8-3-9(14(16)17)6-10(4-8)15(18)19/h1-6,20H,13H2. The molecule has 0 saturated heterocycles. The van der Waals surface area contributed by atoms with Gasteiger partial charge in [-0.2, -0.15) is 0 Å². The van der Waals surface area contributed by atoms with Crippen molar-refractivity contribution < 1.29 is 9.85 Å². The summed E-state index contributed by atoms with van der Waals surface area (Å²) in [6, 6.07) is 8.27. The van der Waals surface area contributed by atoms with Crippen LogP contribution in [0.1, 0.15) is 0 Å². The summed E-state index contributed by atoms with van der Waals surface area (Å²) in [6.45, 7) is 0. The molecule has 0 saturated carbocycles. The average molecular weight is 291 g/mol. The van der Waals surface area contributed by atoms with E-state index in [-0.39, 0.29) is 11.4 Å². The SMILES string of the molecule is Nc1cc(-c2cc([N+](=O)[O-])cc([N+](=O)[O-])c2)ccc1S. The van der Waals surface area contributed by atoms with E-state index in [9.17, 15) is 20.2 Å². The molecule has 7 nitrogen and oxygen atoms in total. The third-order valence-electron chi connectivity index (χ3n) is 2.69. The number of nitro groups is 2. The number of nitro benzene ring substituents is 2. The fraction of sp³-hybridized carbons (Fsp3) is 0. The Hall–Kier alpha value is -2.61. The lowest BCUT2D eigenvalue weighted by Gasteiger charge is -2.05. The summed E-state index contributed by atoms with van der Waals surface area (Å²) in [4.78, 5) is 20.9. The van der Waals surface area contributed by atoms with Crippen molar-refractivity contribution in [3.05, 3.63) is 56.6 Å². The topological polar surface area (TPSA) is 112 Å². The van der Waals surface area contributed by atoms with Gasteiger partial charge in [0.15, 0.2) is 0 Å². The highest BCUT2D eigenvalue weighted by Crippen LogP contribution is 2.31. The van der Waals surface area contributed by atoms with Gasteiger partial charge in [-0.3, -0.25) is 20.2 Å². The number of nitrogens with zero attached hydrogens (tertiary/aromatic N) is 2. The lowest BCUT2D eigenvalue weighted by Crippen LogP contribution is -1.94. The number of nitrogen functional groups attached to an aromatic ring is 1. The molecule has 0 fully saturated rings. The molecule has 20 heavy (non-hydrogen) atoms. The minimum absolute atomic E-state index is 0.345. The van der Waals surface area contributed by atoms with Crippen molar-refractivity contribution >= 4 is 29.7 Å². The zero-order valence-corrected chi connectivity index (χ0v) is 10.9. The van der Waals surface area contributed by atoms with Crippen LogP contribution in [0.25, 0.3) is 11.1 Å². The number of anilines is 1. The van der Waals surface area contributed by atoms with Gasteiger partial charge in [0, 0.05) is 22.7 Å². The van der Waals surface area contributed by atoms with Gasteiger partial charge >= 0.3 is 0 Å². The molecule has 0 bridgehead atoms. The molecule has 0 aromatic heterocycles. The zero-order valence-electron chi connectivity index (χ0n) is 10.0. The minimum atomic E-state index is -0.674. The number of benzene rings is 2. The van der Waals surface area contributed by atoms with Crippen LogP contribution >= 0.6 is 12.6 Å². The summed E-state index contributed by atoms with van der Waals surface area (Å²) in [5.41, 5.74) is 6.31. The second-order valence-electron chi connectivity index (χ2n) is 4.03. The molecule has 102 valence electrons. The maximum Gasteiger partial charge on any atom is 0.276 e. The number of hydrogen-bond acceptors (Lipinski definition) is 6.